The highest BCUT2D eigenvalue weighted by Gasteiger charge is 2.45. The van der Waals surface area contributed by atoms with E-state index in [9.17, 15) is 19.3 Å². The molecule has 13 nitrogen and oxygen atoms in total. The second kappa shape index (κ2) is 6.87. The molecule has 2 rings (SSSR count). The summed E-state index contributed by atoms with van der Waals surface area (Å²) < 4.78 is 21.3. The van der Waals surface area contributed by atoms with E-state index in [1.54, 1.807) is 0 Å². The number of aromatic amines is 1. The molecule has 0 spiro atoms. The van der Waals surface area contributed by atoms with Gasteiger partial charge in [-0.15, -0.1) is 0 Å². The molecular formula is C10H14N5O8P. The summed E-state index contributed by atoms with van der Waals surface area (Å²) >= 11 is 0. The standard InChI is InChI=1S/C10H14N5O8P/c1-4-2-15(10(18)12-8(4)17)9-6(13-14-11)7(16)5(23-9)3-22-24(19,20)21/h2,5-7,9,16H,3H2,1H3,(H,12,17,18)(H2,19,20,21)/t5-,6?,7?,9-/m1/s1. The van der Waals surface area contributed by atoms with Crippen molar-refractivity contribution in [1.82, 2.24) is 9.55 Å². The SMILES string of the molecule is Cc1cn([C@@H]2O[C@H](COP(=O)(O)O)C(O)C2N=[N+]=[N-])c(=O)[nH]c1=O. The van der Waals surface area contributed by atoms with Gasteiger partial charge in [-0.05, 0) is 12.5 Å². The van der Waals surface area contributed by atoms with Crippen LogP contribution in [0.3, 0.4) is 0 Å². The Hall–Kier alpha value is -1.98. The number of aliphatic hydroxyl groups excluding tert-OH is 1. The molecular weight excluding hydrogens is 349 g/mol. The molecule has 1 aromatic rings. The minimum absolute atomic E-state index is 0.169. The number of nitrogens with one attached hydrogen (secondary N) is 1. The fourth-order valence-electron chi connectivity index (χ4n) is 2.23. The van der Waals surface area contributed by atoms with Gasteiger partial charge in [-0.2, -0.15) is 0 Å². The second-order valence-electron chi connectivity index (χ2n) is 5.02. The van der Waals surface area contributed by atoms with Gasteiger partial charge in [0.15, 0.2) is 0 Å². The molecule has 4 N–H and O–H groups in total. The van der Waals surface area contributed by atoms with Crippen LogP contribution in [0.4, 0.5) is 0 Å². The number of hydrogen-bond donors (Lipinski definition) is 4. The number of aryl methyl sites for hydroxylation is 1. The lowest BCUT2D eigenvalue weighted by Gasteiger charge is -2.18. The zero-order valence-corrected chi connectivity index (χ0v) is 13.1. The van der Waals surface area contributed by atoms with Crippen LogP contribution in [0.25, 0.3) is 10.4 Å². The molecule has 1 fully saturated rings. The molecule has 0 bridgehead atoms. The van der Waals surface area contributed by atoms with Crippen molar-refractivity contribution in [3.05, 3.63) is 43.0 Å². The molecule has 0 amide bonds. The molecule has 24 heavy (non-hydrogen) atoms. The lowest BCUT2D eigenvalue weighted by atomic mass is 10.1. The van der Waals surface area contributed by atoms with Gasteiger partial charge in [-0.1, -0.05) is 5.11 Å². The topological polar surface area (TPSA) is 200 Å². The first-order valence-electron chi connectivity index (χ1n) is 6.54. The summed E-state index contributed by atoms with van der Waals surface area (Å²) in [6.07, 6.45) is -2.89. The van der Waals surface area contributed by atoms with Crippen molar-refractivity contribution in [2.75, 3.05) is 6.61 Å². The van der Waals surface area contributed by atoms with Crippen molar-refractivity contribution in [3.8, 4) is 0 Å². The zero-order valence-electron chi connectivity index (χ0n) is 12.2. The summed E-state index contributed by atoms with van der Waals surface area (Å²) in [5.74, 6) is 0. The van der Waals surface area contributed by atoms with E-state index in [0.29, 0.717) is 0 Å². The largest absolute Gasteiger partial charge is 0.469 e. The molecule has 2 heterocycles. The summed E-state index contributed by atoms with van der Waals surface area (Å²) in [6.45, 7) is 0.730. The van der Waals surface area contributed by atoms with Crippen LogP contribution >= 0.6 is 7.82 Å². The number of aromatic nitrogens is 2. The molecule has 0 saturated carbocycles. The number of aliphatic hydroxyl groups is 1. The van der Waals surface area contributed by atoms with Crippen LogP contribution in [0.5, 0.6) is 0 Å². The summed E-state index contributed by atoms with van der Waals surface area (Å²) in [4.78, 5) is 45.3. The first-order valence-corrected chi connectivity index (χ1v) is 8.07. The van der Waals surface area contributed by atoms with E-state index in [2.05, 4.69) is 14.5 Å². The van der Waals surface area contributed by atoms with E-state index >= 15 is 0 Å². The predicted molar refractivity (Wildman–Crippen MR) is 76.9 cm³/mol. The van der Waals surface area contributed by atoms with Crippen LogP contribution in [-0.2, 0) is 13.8 Å². The van der Waals surface area contributed by atoms with E-state index in [4.69, 9.17) is 20.1 Å². The fourth-order valence-corrected chi connectivity index (χ4v) is 2.57. The fraction of sp³-hybridized carbons (Fsp3) is 0.600. The van der Waals surface area contributed by atoms with Gasteiger partial charge in [-0.25, -0.2) is 9.36 Å². The van der Waals surface area contributed by atoms with E-state index in [-0.39, 0.29) is 5.56 Å². The summed E-state index contributed by atoms with van der Waals surface area (Å²) in [5, 5.41) is 13.5. The van der Waals surface area contributed by atoms with Gasteiger partial charge >= 0.3 is 13.5 Å². The molecule has 4 atom stereocenters. The Labute approximate surface area is 133 Å². The van der Waals surface area contributed by atoms with Crippen LogP contribution in [0, 0.1) is 6.92 Å². The number of nitrogens with zero attached hydrogens (tertiary/aromatic N) is 4. The van der Waals surface area contributed by atoms with Crippen molar-refractivity contribution >= 4 is 7.82 Å². The summed E-state index contributed by atoms with van der Waals surface area (Å²) in [6, 6.07) is -1.27. The number of rotatable bonds is 5. The van der Waals surface area contributed by atoms with Crippen molar-refractivity contribution in [3.63, 3.8) is 0 Å². The second-order valence-corrected chi connectivity index (χ2v) is 6.26. The Balaban J connectivity index is 2.36. The Kier molecular flexibility index (Phi) is 5.26. The van der Waals surface area contributed by atoms with Crippen LogP contribution in [0.2, 0.25) is 0 Å². The number of hydrogen-bond acceptors (Lipinski definition) is 7. The summed E-state index contributed by atoms with van der Waals surface area (Å²) in [7, 11) is -4.81. The van der Waals surface area contributed by atoms with Crippen LogP contribution in [0.1, 0.15) is 11.8 Å². The van der Waals surface area contributed by atoms with Crippen molar-refractivity contribution in [2.45, 2.75) is 31.4 Å². The average molecular weight is 363 g/mol. The van der Waals surface area contributed by atoms with E-state index in [1.807, 2.05) is 4.98 Å². The minimum Gasteiger partial charge on any atom is -0.390 e. The van der Waals surface area contributed by atoms with Gasteiger partial charge in [-0.3, -0.25) is 18.9 Å². The van der Waals surface area contributed by atoms with Gasteiger partial charge in [0.1, 0.15) is 18.4 Å². The van der Waals surface area contributed by atoms with Crippen LogP contribution in [0.15, 0.2) is 20.9 Å². The van der Waals surface area contributed by atoms with E-state index in [1.165, 1.54) is 6.92 Å². The molecule has 1 saturated heterocycles. The van der Waals surface area contributed by atoms with Gasteiger partial charge in [0.25, 0.3) is 5.56 Å². The highest BCUT2D eigenvalue weighted by Crippen LogP contribution is 2.38. The number of ether oxygens (including phenoxy) is 1. The van der Waals surface area contributed by atoms with E-state index < -0.39 is 50.2 Å². The Morgan fingerprint density at radius 3 is 2.79 bits per heavy atom. The molecule has 2 unspecified atom stereocenters. The number of phosphoric ester groups is 1. The minimum atomic E-state index is -4.81. The van der Waals surface area contributed by atoms with Gasteiger partial charge in [0.2, 0.25) is 0 Å². The van der Waals surface area contributed by atoms with Crippen molar-refractivity contribution in [1.29, 1.82) is 0 Å². The van der Waals surface area contributed by atoms with Gasteiger partial charge in [0.05, 0.1) is 12.7 Å². The Morgan fingerprint density at radius 2 is 2.21 bits per heavy atom. The predicted octanol–water partition coefficient (Wildman–Crippen LogP) is -1.11. The van der Waals surface area contributed by atoms with Crippen LogP contribution < -0.4 is 11.2 Å². The van der Waals surface area contributed by atoms with Crippen molar-refractivity contribution in [2.24, 2.45) is 5.11 Å². The first kappa shape index (κ1) is 18.4. The highest BCUT2D eigenvalue weighted by atomic mass is 31.2. The average Bonchev–Trinajstić information content (AvgIpc) is 2.78. The summed E-state index contributed by atoms with van der Waals surface area (Å²) in [5.41, 5.74) is 7.30. The number of H-pyrrole nitrogens is 1. The van der Waals surface area contributed by atoms with E-state index in [0.717, 1.165) is 10.8 Å². The molecule has 1 aliphatic heterocycles. The quantitative estimate of drug-likeness (QED) is 0.218. The maximum atomic E-state index is 11.9. The maximum Gasteiger partial charge on any atom is 0.469 e. The van der Waals surface area contributed by atoms with Crippen LogP contribution in [-0.4, -0.2) is 49.3 Å². The number of azide groups is 1. The molecule has 0 radical (unpaired) electrons. The molecule has 1 aromatic heterocycles. The normalized spacial score (nSPS) is 27.0. The Bertz CT molecular complexity index is 823. The lowest BCUT2D eigenvalue weighted by Crippen LogP contribution is -2.37. The van der Waals surface area contributed by atoms with Gasteiger partial charge in [0, 0.05) is 16.7 Å². The lowest BCUT2D eigenvalue weighted by molar-refractivity contribution is -0.0457. The highest BCUT2D eigenvalue weighted by molar-refractivity contribution is 7.46. The number of phosphoric acid groups is 1. The third-order valence-corrected chi connectivity index (χ3v) is 3.83. The first-order chi connectivity index (χ1) is 11.1. The molecule has 0 aromatic carbocycles. The third kappa shape index (κ3) is 3.91. The molecule has 132 valence electrons. The molecule has 0 aliphatic carbocycles. The maximum absolute atomic E-state index is 11.9. The Morgan fingerprint density at radius 1 is 1.54 bits per heavy atom. The molecule has 14 heteroatoms. The van der Waals surface area contributed by atoms with Crippen molar-refractivity contribution < 1.29 is 28.7 Å². The smallest absolute Gasteiger partial charge is 0.390 e. The third-order valence-electron chi connectivity index (χ3n) is 3.35. The monoisotopic (exact) mass is 363 g/mol. The zero-order chi connectivity index (χ0) is 18.1. The molecule has 1 aliphatic rings. The van der Waals surface area contributed by atoms with Gasteiger partial charge < -0.3 is 19.6 Å².